The fourth-order valence-corrected chi connectivity index (χ4v) is 2.05. The van der Waals surface area contributed by atoms with Gasteiger partial charge in [-0.3, -0.25) is 9.69 Å². The van der Waals surface area contributed by atoms with Gasteiger partial charge in [0, 0.05) is 26.2 Å². The quantitative estimate of drug-likeness (QED) is 0.671. The molecule has 0 saturated carbocycles. The lowest BCUT2D eigenvalue weighted by Crippen LogP contribution is -2.52. The van der Waals surface area contributed by atoms with E-state index in [1.54, 1.807) is 0 Å². The third kappa shape index (κ3) is 4.03. The molecular weight excluding hydrogens is 214 g/mol. The summed E-state index contributed by atoms with van der Waals surface area (Å²) >= 11 is 0. The highest BCUT2D eigenvalue weighted by Gasteiger charge is 2.26. The summed E-state index contributed by atoms with van der Waals surface area (Å²) in [7, 11) is 0. The Balaban J connectivity index is 2.45. The van der Waals surface area contributed by atoms with Crippen LogP contribution < -0.4 is 10.6 Å². The number of nitrogens with one attached hydrogen (secondary N) is 2. The molecule has 0 aromatic carbocycles. The van der Waals surface area contributed by atoms with Crippen LogP contribution in [-0.4, -0.2) is 49.1 Å². The maximum Gasteiger partial charge on any atom is 0.235 e. The summed E-state index contributed by atoms with van der Waals surface area (Å²) in [5.41, 5.74) is -0.467. The van der Waals surface area contributed by atoms with Crippen LogP contribution in [0.25, 0.3) is 0 Å². The summed E-state index contributed by atoms with van der Waals surface area (Å²) in [6, 6.07) is 0. The largest absolute Gasteiger partial charge is 0.339 e. The minimum absolute atomic E-state index is 0.0357. The fraction of sp³-hybridized carbons (Fsp3) is 0.769. The molecule has 2 N–H and O–H groups in total. The Morgan fingerprint density at radius 2 is 2.00 bits per heavy atom. The zero-order chi connectivity index (χ0) is 12.7. The van der Waals surface area contributed by atoms with Gasteiger partial charge in [-0.25, -0.2) is 0 Å². The number of terminal acetylenes is 1. The molecule has 4 nitrogen and oxygen atoms in total. The Bertz CT molecular complexity index is 286. The summed E-state index contributed by atoms with van der Waals surface area (Å²) in [6.07, 6.45) is 7.06. The third-order valence-corrected chi connectivity index (χ3v) is 3.44. The molecule has 4 heteroatoms. The van der Waals surface area contributed by atoms with Crippen molar-refractivity contribution in [3.8, 4) is 12.3 Å². The lowest BCUT2D eigenvalue weighted by Gasteiger charge is -2.30. The van der Waals surface area contributed by atoms with Crippen molar-refractivity contribution < 1.29 is 4.79 Å². The first-order valence-electron chi connectivity index (χ1n) is 6.37. The lowest BCUT2D eigenvalue weighted by atomic mass is 9.94. The van der Waals surface area contributed by atoms with Gasteiger partial charge in [0.2, 0.25) is 5.91 Å². The zero-order valence-corrected chi connectivity index (χ0v) is 10.9. The first-order chi connectivity index (χ1) is 8.15. The minimum Gasteiger partial charge on any atom is -0.339 e. The monoisotopic (exact) mass is 237 g/mol. The average molecular weight is 237 g/mol. The number of rotatable bonds is 5. The molecular formula is C13H23N3O. The van der Waals surface area contributed by atoms with E-state index in [0.29, 0.717) is 6.54 Å². The van der Waals surface area contributed by atoms with Crippen LogP contribution in [-0.2, 0) is 4.79 Å². The molecule has 0 spiro atoms. The molecule has 96 valence electrons. The van der Waals surface area contributed by atoms with E-state index < -0.39 is 5.54 Å². The van der Waals surface area contributed by atoms with Crippen molar-refractivity contribution in [2.24, 2.45) is 0 Å². The van der Waals surface area contributed by atoms with Crippen LogP contribution in [0.5, 0.6) is 0 Å². The lowest BCUT2D eigenvalue weighted by molar-refractivity contribution is -0.123. The van der Waals surface area contributed by atoms with E-state index >= 15 is 0 Å². The number of piperazine rings is 1. The molecule has 17 heavy (non-hydrogen) atoms. The average Bonchev–Trinajstić information content (AvgIpc) is 2.37. The fourth-order valence-electron chi connectivity index (χ4n) is 2.05. The van der Waals surface area contributed by atoms with Gasteiger partial charge in [-0.05, 0) is 12.8 Å². The third-order valence-electron chi connectivity index (χ3n) is 3.44. The molecule has 0 aromatic heterocycles. The van der Waals surface area contributed by atoms with Gasteiger partial charge in [0.15, 0.2) is 0 Å². The van der Waals surface area contributed by atoms with E-state index in [9.17, 15) is 4.79 Å². The maximum atomic E-state index is 11.9. The van der Waals surface area contributed by atoms with E-state index in [-0.39, 0.29) is 5.91 Å². The van der Waals surface area contributed by atoms with Crippen molar-refractivity contribution >= 4 is 5.91 Å². The maximum absolute atomic E-state index is 11.9. The highest BCUT2D eigenvalue weighted by atomic mass is 16.2. The van der Waals surface area contributed by atoms with E-state index in [2.05, 4.69) is 21.5 Å². The molecule has 1 rings (SSSR count). The molecule has 1 heterocycles. The molecule has 1 fully saturated rings. The van der Waals surface area contributed by atoms with Crippen LogP contribution in [0.3, 0.4) is 0 Å². The van der Waals surface area contributed by atoms with Gasteiger partial charge >= 0.3 is 0 Å². The molecule has 1 amide bonds. The van der Waals surface area contributed by atoms with Crippen molar-refractivity contribution in [3.63, 3.8) is 0 Å². The highest BCUT2D eigenvalue weighted by Crippen LogP contribution is 2.13. The van der Waals surface area contributed by atoms with Gasteiger partial charge in [-0.2, -0.15) is 0 Å². The van der Waals surface area contributed by atoms with E-state index in [1.807, 2.05) is 13.8 Å². The minimum atomic E-state index is -0.467. The molecule has 0 unspecified atom stereocenters. The second-order valence-corrected chi connectivity index (χ2v) is 4.51. The number of amides is 1. The Hall–Kier alpha value is -1.05. The van der Waals surface area contributed by atoms with Gasteiger partial charge in [-0.1, -0.05) is 19.8 Å². The predicted molar refractivity (Wildman–Crippen MR) is 69.6 cm³/mol. The van der Waals surface area contributed by atoms with E-state index in [1.165, 1.54) is 0 Å². The Labute approximate surface area is 104 Å². The van der Waals surface area contributed by atoms with Gasteiger partial charge in [0.05, 0.1) is 6.54 Å². The van der Waals surface area contributed by atoms with Crippen molar-refractivity contribution in [1.82, 2.24) is 15.5 Å². The SMILES string of the molecule is C#CC(CC)(CC)NC(=O)CN1CCNCC1. The summed E-state index contributed by atoms with van der Waals surface area (Å²) < 4.78 is 0. The van der Waals surface area contributed by atoms with Crippen molar-refractivity contribution in [2.75, 3.05) is 32.7 Å². The number of hydrogen-bond donors (Lipinski definition) is 2. The predicted octanol–water partition coefficient (Wildman–Crippen LogP) is 0.200. The number of carbonyl (C=O) groups excluding carboxylic acids is 1. The van der Waals surface area contributed by atoms with Gasteiger partial charge in [0.1, 0.15) is 5.54 Å². The smallest absolute Gasteiger partial charge is 0.235 e. The first kappa shape index (κ1) is 14.0. The number of nitrogens with zero attached hydrogens (tertiary/aromatic N) is 1. The van der Waals surface area contributed by atoms with Crippen LogP contribution in [0.1, 0.15) is 26.7 Å². The van der Waals surface area contributed by atoms with E-state index in [0.717, 1.165) is 39.0 Å². The first-order valence-corrected chi connectivity index (χ1v) is 6.37. The van der Waals surface area contributed by atoms with Crippen LogP contribution in [0.15, 0.2) is 0 Å². The zero-order valence-electron chi connectivity index (χ0n) is 10.9. The van der Waals surface area contributed by atoms with Gasteiger partial charge in [0.25, 0.3) is 0 Å². The Morgan fingerprint density at radius 1 is 1.41 bits per heavy atom. The molecule has 1 aliphatic rings. The van der Waals surface area contributed by atoms with Crippen molar-refractivity contribution in [2.45, 2.75) is 32.2 Å². The second-order valence-electron chi connectivity index (χ2n) is 4.51. The molecule has 0 radical (unpaired) electrons. The summed E-state index contributed by atoms with van der Waals surface area (Å²) in [6.45, 7) is 8.22. The van der Waals surface area contributed by atoms with Crippen LogP contribution in [0.4, 0.5) is 0 Å². The Morgan fingerprint density at radius 3 is 2.47 bits per heavy atom. The summed E-state index contributed by atoms with van der Waals surface area (Å²) in [4.78, 5) is 14.1. The van der Waals surface area contributed by atoms with Gasteiger partial charge in [-0.15, -0.1) is 6.42 Å². The van der Waals surface area contributed by atoms with Crippen LogP contribution in [0, 0.1) is 12.3 Å². The number of hydrogen-bond acceptors (Lipinski definition) is 3. The molecule has 0 aliphatic carbocycles. The summed E-state index contributed by atoms with van der Waals surface area (Å²) in [5.74, 6) is 2.76. The van der Waals surface area contributed by atoms with E-state index in [4.69, 9.17) is 6.42 Å². The highest BCUT2D eigenvalue weighted by molar-refractivity contribution is 5.79. The normalized spacial score (nSPS) is 17.5. The van der Waals surface area contributed by atoms with Crippen LogP contribution >= 0.6 is 0 Å². The standard InChI is InChI=1S/C13H23N3O/c1-4-13(5-2,6-3)15-12(17)11-16-9-7-14-8-10-16/h1,14H,5-11H2,2-3H3,(H,15,17). The second kappa shape index (κ2) is 6.63. The molecule has 0 atom stereocenters. The topological polar surface area (TPSA) is 44.4 Å². The molecule has 0 bridgehead atoms. The summed E-state index contributed by atoms with van der Waals surface area (Å²) in [5, 5.41) is 6.25. The van der Waals surface area contributed by atoms with Crippen molar-refractivity contribution in [3.05, 3.63) is 0 Å². The number of carbonyl (C=O) groups is 1. The molecule has 0 aromatic rings. The molecule has 1 aliphatic heterocycles. The van der Waals surface area contributed by atoms with Gasteiger partial charge < -0.3 is 10.6 Å². The Kier molecular flexibility index (Phi) is 5.46. The van der Waals surface area contributed by atoms with Crippen molar-refractivity contribution in [1.29, 1.82) is 0 Å². The molecule has 1 saturated heterocycles. The van der Waals surface area contributed by atoms with Crippen LogP contribution in [0.2, 0.25) is 0 Å².